The van der Waals surface area contributed by atoms with E-state index in [9.17, 15) is 4.79 Å². The summed E-state index contributed by atoms with van der Waals surface area (Å²) >= 11 is 1.84. The van der Waals surface area contributed by atoms with Gasteiger partial charge in [-0.3, -0.25) is 10.1 Å². The van der Waals surface area contributed by atoms with Crippen LogP contribution in [0.15, 0.2) is 0 Å². The van der Waals surface area contributed by atoms with Crippen molar-refractivity contribution in [1.29, 1.82) is 0 Å². The largest absolute Gasteiger partial charge is 0.326 e. The van der Waals surface area contributed by atoms with Crippen molar-refractivity contribution < 1.29 is 4.79 Å². The molecule has 3 atom stereocenters. The van der Waals surface area contributed by atoms with Crippen LogP contribution in [0.2, 0.25) is 0 Å². The maximum absolute atomic E-state index is 12.2. The molecule has 0 aromatic rings. The van der Waals surface area contributed by atoms with Crippen LogP contribution in [0.25, 0.3) is 0 Å². The van der Waals surface area contributed by atoms with E-state index in [1.807, 2.05) is 16.7 Å². The Morgan fingerprint density at radius 1 is 1.56 bits per heavy atom. The predicted molar refractivity (Wildman–Crippen MR) is 70.6 cm³/mol. The summed E-state index contributed by atoms with van der Waals surface area (Å²) in [6.45, 7) is 7.16. The average Bonchev–Trinajstić information content (AvgIpc) is 2.67. The molecule has 94 valence electrons. The van der Waals surface area contributed by atoms with Crippen molar-refractivity contribution in [3.63, 3.8) is 0 Å². The van der Waals surface area contributed by atoms with E-state index in [0.29, 0.717) is 17.9 Å². The molecule has 0 saturated carbocycles. The number of carbonyl (C=O) groups is 1. The predicted octanol–water partition coefficient (Wildman–Crippen LogP) is 1.93. The van der Waals surface area contributed by atoms with Gasteiger partial charge in [0.1, 0.15) is 0 Å². The fourth-order valence-electron chi connectivity index (χ4n) is 2.04. The summed E-state index contributed by atoms with van der Waals surface area (Å²) in [5.74, 6) is 1.85. The Balaban J connectivity index is 2.49. The Kier molecular flexibility index (Phi) is 5.62. The van der Waals surface area contributed by atoms with Crippen LogP contribution in [0.5, 0.6) is 0 Å². The third-order valence-corrected chi connectivity index (χ3v) is 4.16. The Labute approximate surface area is 103 Å². The van der Waals surface area contributed by atoms with Crippen LogP contribution in [0, 0.1) is 5.92 Å². The molecule has 0 spiro atoms. The van der Waals surface area contributed by atoms with Gasteiger partial charge in [0.15, 0.2) is 0 Å². The summed E-state index contributed by atoms with van der Waals surface area (Å²) < 4.78 is 0. The number of hydrogen-bond donors (Lipinski definition) is 1. The Hall–Kier alpha value is -0.220. The molecule has 3 nitrogen and oxygen atoms in total. The summed E-state index contributed by atoms with van der Waals surface area (Å²) in [5.41, 5.74) is 0. The summed E-state index contributed by atoms with van der Waals surface area (Å²) in [6.07, 6.45) is 4.25. The molecule has 0 aliphatic carbocycles. The van der Waals surface area contributed by atoms with Crippen LogP contribution in [0.4, 0.5) is 0 Å². The summed E-state index contributed by atoms with van der Waals surface area (Å²) in [6, 6.07) is 0.406. The molecule has 1 heterocycles. The lowest BCUT2D eigenvalue weighted by Gasteiger charge is -2.24. The zero-order chi connectivity index (χ0) is 12.1. The molecule has 1 saturated heterocycles. The van der Waals surface area contributed by atoms with Crippen molar-refractivity contribution >= 4 is 17.7 Å². The first kappa shape index (κ1) is 13.8. The molecule has 0 bridgehead atoms. The highest BCUT2D eigenvalue weighted by Crippen LogP contribution is 2.18. The van der Waals surface area contributed by atoms with E-state index in [0.717, 1.165) is 25.3 Å². The number of thioether (sulfide) groups is 1. The molecule has 1 aliphatic rings. The second kappa shape index (κ2) is 6.50. The quantitative estimate of drug-likeness (QED) is 0.775. The van der Waals surface area contributed by atoms with Gasteiger partial charge in [0.05, 0.1) is 12.7 Å². The number of amides is 1. The molecular weight excluding hydrogens is 220 g/mol. The number of carbonyl (C=O) groups excluding carboxylic acids is 1. The highest BCUT2D eigenvalue weighted by molar-refractivity contribution is 7.98. The zero-order valence-corrected chi connectivity index (χ0v) is 11.6. The third-order valence-electron chi connectivity index (χ3n) is 3.52. The molecular formula is C12H24N2OS. The Morgan fingerprint density at radius 2 is 2.25 bits per heavy atom. The van der Waals surface area contributed by atoms with Crippen molar-refractivity contribution in [3.05, 3.63) is 0 Å². The van der Waals surface area contributed by atoms with Crippen LogP contribution in [0.3, 0.4) is 0 Å². The Bertz CT molecular complexity index is 235. The van der Waals surface area contributed by atoms with Gasteiger partial charge in [0, 0.05) is 6.04 Å². The molecule has 0 aromatic heterocycles. The van der Waals surface area contributed by atoms with Gasteiger partial charge in [-0.05, 0) is 31.3 Å². The second-order valence-electron chi connectivity index (χ2n) is 4.66. The number of nitrogens with zero attached hydrogens (tertiary/aromatic N) is 1. The highest BCUT2D eigenvalue weighted by Gasteiger charge is 2.36. The van der Waals surface area contributed by atoms with Crippen LogP contribution in [-0.2, 0) is 4.79 Å². The summed E-state index contributed by atoms with van der Waals surface area (Å²) in [4.78, 5) is 14.2. The topological polar surface area (TPSA) is 32.3 Å². The van der Waals surface area contributed by atoms with Crippen LogP contribution < -0.4 is 5.32 Å². The molecule has 16 heavy (non-hydrogen) atoms. The minimum Gasteiger partial charge on any atom is -0.326 e. The first-order valence-corrected chi connectivity index (χ1v) is 7.54. The van der Waals surface area contributed by atoms with Gasteiger partial charge in [-0.1, -0.05) is 20.3 Å². The second-order valence-corrected chi connectivity index (χ2v) is 5.65. The normalized spacial score (nSPS) is 24.9. The molecule has 1 rings (SSSR count). The number of hydrogen-bond acceptors (Lipinski definition) is 3. The lowest BCUT2D eigenvalue weighted by atomic mass is 9.99. The Morgan fingerprint density at radius 3 is 2.81 bits per heavy atom. The number of rotatable bonds is 6. The van der Waals surface area contributed by atoms with E-state index >= 15 is 0 Å². The summed E-state index contributed by atoms with van der Waals surface area (Å²) in [7, 11) is 0. The van der Waals surface area contributed by atoms with E-state index in [1.165, 1.54) is 0 Å². The lowest BCUT2D eigenvalue weighted by Crippen LogP contribution is -2.39. The van der Waals surface area contributed by atoms with Crippen molar-refractivity contribution in [2.24, 2.45) is 5.92 Å². The van der Waals surface area contributed by atoms with Crippen LogP contribution in [-0.4, -0.2) is 41.6 Å². The van der Waals surface area contributed by atoms with Crippen LogP contribution in [0.1, 0.15) is 33.6 Å². The highest BCUT2D eigenvalue weighted by atomic mass is 32.2. The first-order chi connectivity index (χ1) is 7.61. The zero-order valence-electron chi connectivity index (χ0n) is 10.8. The lowest BCUT2D eigenvalue weighted by molar-refractivity contribution is -0.131. The standard InChI is InChI=1S/C12H24N2OS/c1-5-9(2)11-12(15)14(8-13-11)10(3)6-7-16-4/h9-11,13H,5-8H2,1-4H3. The minimum absolute atomic E-state index is 0.0433. The SMILES string of the molecule is CCC(C)C1NCN(C(C)CCSC)C1=O. The maximum Gasteiger partial charge on any atom is 0.241 e. The summed E-state index contributed by atoms with van der Waals surface area (Å²) in [5, 5.41) is 3.33. The maximum atomic E-state index is 12.2. The molecule has 3 unspecified atom stereocenters. The third kappa shape index (κ3) is 3.14. The van der Waals surface area contributed by atoms with Gasteiger partial charge in [-0.25, -0.2) is 0 Å². The van der Waals surface area contributed by atoms with E-state index in [-0.39, 0.29) is 6.04 Å². The molecule has 1 fully saturated rings. The van der Waals surface area contributed by atoms with Gasteiger partial charge >= 0.3 is 0 Å². The molecule has 1 amide bonds. The van der Waals surface area contributed by atoms with E-state index in [1.54, 1.807) is 0 Å². The molecule has 1 aliphatic heterocycles. The van der Waals surface area contributed by atoms with E-state index in [4.69, 9.17) is 0 Å². The molecule has 0 aromatic carbocycles. The molecule has 4 heteroatoms. The minimum atomic E-state index is 0.0433. The van der Waals surface area contributed by atoms with E-state index < -0.39 is 0 Å². The van der Waals surface area contributed by atoms with Gasteiger partial charge in [-0.2, -0.15) is 11.8 Å². The van der Waals surface area contributed by atoms with Crippen molar-refractivity contribution in [3.8, 4) is 0 Å². The van der Waals surface area contributed by atoms with E-state index in [2.05, 4.69) is 32.3 Å². The van der Waals surface area contributed by atoms with Crippen LogP contribution >= 0.6 is 11.8 Å². The van der Waals surface area contributed by atoms with Crippen molar-refractivity contribution in [2.45, 2.75) is 45.7 Å². The fourth-order valence-corrected chi connectivity index (χ4v) is 2.61. The van der Waals surface area contributed by atoms with Crippen molar-refractivity contribution in [2.75, 3.05) is 18.7 Å². The van der Waals surface area contributed by atoms with Gasteiger partial charge < -0.3 is 4.90 Å². The number of nitrogens with one attached hydrogen (secondary N) is 1. The average molecular weight is 244 g/mol. The van der Waals surface area contributed by atoms with Gasteiger partial charge in [0.25, 0.3) is 0 Å². The molecule has 0 radical (unpaired) electrons. The first-order valence-electron chi connectivity index (χ1n) is 6.14. The smallest absolute Gasteiger partial charge is 0.241 e. The monoisotopic (exact) mass is 244 g/mol. The van der Waals surface area contributed by atoms with Gasteiger partial charge in [-0.15, -0.1) is 0 Å². The fraction of sp³-hybridized carbons (Fsp3) is 0.917. The van der Waals surface area contributed by atoms with Gasteiger partial charge in [0.2, 0.25) is 5.91 Å². The molecule has 1 N–H and O–H groups in total. The van der Waals surface area contributed by atoms with Crippen molar-refractivity contribution in [1.82, 2.24) is 10.2 Å².